The van der Waals surface area contributed by atoms with Gasteiger partial charge in [-0.3, -0.25) is 15.4 Å². The Morgan fingerprint density at radius 3 is 2.74 bits per heavy atom. The van der Waals surface area contributed by atoms with Gasteiger partial charge in [-0.2, -0.15) is 0 Å². The van der Waals surface area contributed by atoms with Gasteiger partial charge in [-0.25, -0.2) is 9.78 Å². The topological polar surface area (TPSA) is 94.4 Å². The van der Waals surface area contributed by atoms with E-state index < -0.39 is 21.4 Å². The molecular weight excluding hydrogens is 389 g/mol. The maximum atomic E-state index is 11.5. The monoisotopic (exact) mass is 395 g/mol. The molecule has 1 aromatic carbocycles. The number of ether oxygens (including phenoxy) is 1. The number of hydrogen-bond acceptors (Lipinski definition) is 6. The summed E-state index contributed by atoms with van der Waals surface area (Å²) >= 11 is 17.5. The lowest BCUT2D eigenvalue weighted by Gasteiger charge is -2.10. The summed E-state index contributed by atoms with van der Waals surface area (Å²) < 4.78 is 2.99. The molecule has 0 saturated carbocycles. The molecule has 1 heterocycles. The Kier molecular flexibility index (Phi) is 5.64. The molecule has 1 N–H and O–H groups in total. The maximum Gasteiger partial charge on any atom is 0.413 e. The zero-order valence-electron chi connectivity index (χ0n) is 11.2. The third kappa shape index (κ3) is 5.21. The second-order valence-electron chi connectivity index (χ2n) is 4.13. The largest absolute Gasteiger partial charge is 0.445 e. The van der Waals surface area contributed by atoms with Gasteiger partial charge in [0.2, 0.25) is 3.79 Å². The SMILES string of the molecule is O=C(Nc1nc(-c2ccccc2[N+](=O)[O-])cs1)OCC(Cl)(Cl)Cl. The third-order valence-electron chi connectivity index (χ3n) is 2.46. The number of rotatable bonds is 4. The molecule has 0 bridgehead atoms. The molecule has 23 heavy (non-hydrogen) atoms. The molecule has 11 heteroatoms. The number of nitro benzene ring substituents is 1. The van der Waals surface area contributed by atoms with Crippen molar-refractivity contribution in [2.24, 2.45) is 0 Å². The number of alkyl halides is 3. The second-order valence-corrected chi connectivity index (χ2v) is 7.50. The van der Waals surface area contributed by atoms with Crippen molar-refractivity contribution in [3.05, 3.63) is 39.8 Å². The highest BCUT2D eigenvalue weighted by Gasteiger charge is 2.23. The van der Waals surface area contributed by atoms with Crippen molar-refractivity contribution in [3.63, 3.8) is 0 Å². The van der Waals surface area contributed by atoms with Crippen LogP contribution >= 0.6 is 46.1 Å². The quantitative estimate of drug-likeness (QED) is 0.461. The van der Waals surface area contributed by atoms with Gasteiger partial charge in [0, 0.05) is 11.4 Å². The van der Waals surface area contributed by atoms with E-state index in [0.29, 0.717) is 11.3 Å². The zero-order chi connectivity index (χ0) is 17.0. The molecule has 0 aliphatic heterocycles. The van der Waals surface area contributed by atoms with Gasteiger partial charge in [0.15, 0.2) is 5.13 Å². The van der Waals surface area contributed by atoms with E-state index in [9.17, 15) is 14.9 Å². The highest BCUT2D eigenvalue weighted by atomic mass is 35.6. The van der Waals surface area contributed by atoms with Crippen LogP contribution in [0, 0.1) is 10.1 Å². The lowest BCUT2D eigenvalue weighted by Crippen LogP contribution is -2.21. The fourth-order valence-corrected chi connectivity index (χ4v) is 2.43. The van der Waals surface area contributed by atoms with E-state index >= 15 is 0 Å². The van der Waals surface area contributed by atoms with E-state index in [1.807, 2.05) is 0 Å². The molecule has 1 aromatic heterocycles. The van der Waals surface area contributed by atoms with Crippen molar-refractivity contribution in [2.75, 3.05) is 11.9 Å². The van der Waals surface area contributed by atoms with Gasteiger partial charge >= 0.3 is 6.09 Å². The molecule has 0 atom stereocenters. The fraction of sp³-hybridized carbons (Fsp3) is 0.167. The van der Waals surface area contributed by atoms with Crippen LogP contribution in [-0.2, 0) is 4.74 Å². The van der Waals surface area contributed by atoms with Crippen LogP contribution in [0.25, 0.3) is 11.3 Å². The summed E-state index contributed by atoms with van der Waals surface area (Å²) in [4.78, 5) is 26.2. The van der Waals surface area contributed by atoms with Crippen molar-refractivity contribution < 1.29 is 14.5 Å². The summed E-state index contributed by atoms with van der Waals surface area (Å²) in [6.45, 7) is -0.425. The molecule has 0 unspecified atom stereocenters. The molecule has 0 saturated heterocycles. The van der Waals surface area contributed by atoms with Gasteiger partial charge in [-0.05, 0) is 6.07 Å². The Balaban J connectivity index is 2.10. The van der Waals surface area contributed by atoms with Crippen molar-refractivity contribution >= 4 is 63.1 Å². The minimum Gasteiger partial charge on any atom is -0.445 e. The number of benzene rings is 1. The number of carbonyl (C=O) groups is 1. The smallest absolute Gasteiger partial charge is 0.413 e. The molecule has 0 radical (unpaired) electrons. The Morgan fingerprint density at radius 1 is 1.39 bits per heavy atom. The molecule has 0 aliphatic rings. The Morgan fingerprint density at radius 2 is 2.09 bits per heavy atom. The predicted octanol–water partition coefficient (Wildman–Crippen LogP) is 4.64. The van der Waals surface area contributed by atoms with Crippen LogP contribution in [0.2, 0.25) is 0 Å². The Labute approximate surface area is 149 Å². The molecule has 0 aliphatic carbocycles. The maximum absolute atomic E-state index is 11.5. The molecule has 1 amide bonds. The van der Waals surface area contributed by atoms with Crippen LogP contribution in [-0.4, -0.2) is 26.4 Å². The first-order valence-electron chi connectivity index (χ1n) is 5.96. The number of anilines is 1. The summed E-state index contributed by atoms with van der Waals surface area (Å²) in [5, 5.41) is 15.1. The summed E-state index contributed by atoms with van der Waals surface area (Å²) in [6.07, 6.45) is -0.847. The molecule has 2 rings (SSSR count). The number of thiazole rings is 1. The van der Waals surface area contributed by atoms with Crippen LogP contribution in [0.3, 0.4) is 0 Å². The number of nitro groups is 1. The molecule has 0 fully saturated rings. The number of aromatic nitrogens is 1. The standard InChI is InChI=1S/C12H8Cl3N3O4S/c13-12(14,15)6-22-11(19)17-10-16-8(5-23-10)7-3-1-2-4-9(7)18(20)21/h1-5H,6H2,(H,16,17,19). The first-order chi connectivity index (χ1) is 10.8. The van der Waals surface area contributed by atoms with E-state index in [1.165, 1.54) is 6.07 Å². The molecule has 7 nitrogen and oxygen atoms in total. The zero-order valence-corrected chi connectivity index (χ0v) is 14.2. The molecule has 122 valence electrons. The van der Waals surface area contributed by atoms with E-state index in [2.05, 4.69) is 10.3 Å². The molecule has 0 spiro atoms. The second kappa shape index (κ2) is 7.31. The molecular formula is C12H8Cl3N3O4S. The van der Waals surface area contributed by atoms with Gasteiger partial charge < -0.3 is 4.74 Å². The predicted molar refractivity (Wildman–Crippen MR) is 89.5 cm³/mol. The van der Waals surface area contributed by atoms with Crippen LogP contribution in [0.1, 0.15) is 0 Å². The van der Waals surface area contributed by atoms with Crippen LogP contribution in [0.4, 0.5) is 15.6 Å². The summed E-state index contributed by atoms with van der Waals surface area (Å²) in [5.41, 5.74) is 0.624. The fourth-order valence-electron chi connectivity index (χ4n) is 1.58. The summed E-state index contributed by atoms with van der Waals surface area (Å²) in [7, 11) is 0. The van der Waals surface area contributed by atoms with E-state index in [-0.39, 0.29) is 10.8 Å². The number of para-hydroxylation sites is 1. The molecule has 2 aromatic rings. The average Bonchev–Trinajstić information content (AvgIpc) is 2.92. The van der Waals surface area contributed by atoms with Crippen molar-refractivity contribution in [1.82, 2.24) is 4.98 Å². The summed E-state index contributed by atoms with van der Waals surface area (Å²) in [6, 6.07) is 6.15. The first-order valence-corrected chi connectivity index (χ1v) is 7.97. The normalized spacial score (nSPS) is 11.1. The average molecular weight is 397 g/mol. The highest BCUT2D eigenvalue weighted by molar-refractivity contribution is 7.14. The van der Waals surface area contributed by atoms with Crippen molar-refractivity contribution in [2.45, 2.75) is 3.79 Å². The van der Waals surface area contributed by atoms with Crippen LogP contribution in [0.15, 0.2) is 29.6 Å². The highest BCUT2D eigenvalue weighted by Crippen LogP contribution is 2.32. The number of halogens is 3. The van der Waals surface area contributed by atoms with E-state index in [4.69, 9.17) is 39.5 Å². The number of amides is 1. The van der Waals surface area contributed by atoms with Gasteiger partial charge in [-0.15, -0.1) is 11.3 Å². The van der Waals surface area contributed by atoms with Crippen molar-refractivity contribution in [1.29, 1.82) is 0 Å². The van der Waals surface area contributed by atoms with Crippen LogP contribution < -0.4 is 5.32 Å². The van der Waals surface area contributed by atoms with E-state index in [1.54, 1.807) is 23.6 Å². The number of nitrogens with zero attached hydrogens (tertiary/aromatic N) is 2. The summed E-state index contributed by atoms with van der Waals surface area (Å²) in [5.74, 6) is 0. The van der Waals surface area contributed by atoms with Gasteiger partial charge in [0.1, 0.15) is 6.61 Å². The minimum atomic E-state index is -1.71. The third-order valence-corrected chi connectivity index (χ3v) is 3.54. The first kappa shape index (κ1) is 17.7. The van der Waals surface area contributed by atoms with Gasteiger partial charge in [-0.1, -0.05) is 46.9 Å². The van der Waals surface area contributed by atoms with Gasteiger partial charge in [0.05, 0.1) is 16.2 Å². The lowest BCUT2D eigenvalue weighted by atomic mass is 10.1. The number of nitrogens with one attached hydrogen (secondary N) is 1. The Hall–Kier alpha value is -1.61. The van der Waals surface area contributed by atoms with E-state index in [0.717, 1.165) is 11.3 Å². The lowest BCUT2D eigenvalue weighted by molar-refractivity contribution is -0.384. The van der Waals surface area contributed by atoms with Gasteiger partial charge in [0.25, 0.3) is 5.69 Å². The minimum absolute atomic E-state index is 0.0804. The van der Waals surface area contributed by atoms with Crippen LogP contribution in [0.5, 0.6) is 0 Å². The number of carbonyl (C=O) groups excluding carboxylic acids is 1. The Bertz CT molecular complexity index is 732. The number of hydrogen-bond donors (Lipinski definition) is 1. The van der Waals surface area contributed by atoms with Crippen molar-refractivity contribution in [3.8, 4) is 11.3 Å².